The average molecular weight is 361 g/mol. The van der Waals surface area contributed by atoms with Gasteiger partial charge in [0.2, 0.25) is 0 Å². The molecule has 2 aliphatic rings. The number of carbonyl (C=O) groups is 2. The second-order valence-corrected chi connectivity index (χ2v) is 9.78. The summed E-state index contributed by atoms with van der Waals surface area (Å²) in [5.41, 5.74) is 0. The molecule has 0 spiro atoms. The van der Waals surface area contributed by atoms with Crippen molar-refractivity contribution in [2.45, 2.75) is 56.5 Å². The number of esters is 2. The van der Waals surface area contributed by atoms with Gasteiger partial charge in [-0.2, -0.15) is 23.5 Å². The first-order valence-electron chi connectivity index (χ1n) is 8.57. The van der Waals surface area contributed by atoms with Crippen molar-refractivity contribution in [3.63, 3.8) is 0 Å². The van der Waals surface area contributed by atoms with Crippen LogP contribution in [0.2, 0.25) is 0 Å². The Morgan fingerprint density at radius 1 is 0.870 bits per heavy atom. The highest BCUT2D eigenvalue weighted by molar-refractivity contribution is 8.00. The van der Waals surface area contributed by atoms with Gasteiger partial charge < -0.3 is 9.47 Å². The number of carbonyl (C=O) groups excluding carboxylic acids is 2. The molecular weight excluding hydrogens is 332 g/mol. The van der Waals surface area contributed by atoms with E-state index in [1.54, 1.807) is 0 Å². The third kappa shape index (κ3) is 7.38. The van der Waals surface area contributed by atoms with Crippen LogP contribution >= 0.6 is 23.5 Å². The van der Waals surface area contributed by atoms with E-state index in [-0.39, 0.29) is 6.42 Å². The van der Waals surface area contributed by atoms with Crippen LogP contribution in [0, 0.1) is 11.8 Å². The fourth-order valence-corrected chi connectivity index (χ4v) is 5.69. The van der Waals surface area contributed by atoms with Gasteiger partial charge in [0, 0.05) is 10.5 Å². The van der Waals surface area contributed by atoms with Crippen molar-refractivity contribution < 1.29 is 19.1 Å². The first-order chi connectivity index (χ1) is 11.0. The Balaban J connectivity index is 1.58. The van der Waals surface area contributed by atoms with Crippen molar-refractivity contribution in [1.82, 2.24) is 0 Å². The molecule has 4 unspecified atom stereocenters. The molecule has 4 atom stereocenters. The molecule has 0 aromatic rings. The van der Waals surface area contributed by atoms with Crippen LogP contribution in [0.25, 0.3) is 0 Å². The molecule has 132 valence electrons. The van der Waals surface area contributed by atoms with Gasteiger partial charge in [-0.15, -0.1) is 0 Å². The van der Waals surface area contributed by atoms with Crippen LogP contribution in [-0.2, 0) is 19.1 Å². The van der Waals surface area contributed by atoms with Gasteiger partial charge >= 0.3 is 11.9 Å². The fourth-order valence-electron chi connectivity index (χ4n) is 3.13. The van der Waals surface area contributed by atoms with Crippen molar-refractivity contribution in [2.75, 3.05) is 24.7 Å². The van der Waals surface area contributed by atoms with Crippen LogP contribution in [0.3, 0.4) is 0 Å². The normalized spacial score (nSPS) is 31.4. The Morgan fingerprint density at radius 2 is 1.30 bits per heavy atom. The molecule has 0 aromatic heterocycles. The molecule has 0 N–H and O–H groups in total. The second-order valence-electron chi connectivity index (χ2n) is 6.69. The van der Waals surface area contributed by atoms with E-state index >= 15 is 0 Å². The summed E-state index contributed by atoms with van der Waals surface area (Å²) in [5, 5.41) is 1.27. The highest BCUT2D eigenvalue weighted by Gasteiger charge is 2.23. The molecule has 0 saturated carbocycles. The Kier molecular flexibility index (Phi) is 8.10. The summed E-state index contributed by atoms with van der Waals surface area (Å²) in [6.07, 6.45) is 4.09. The number of hydrogen-bond donors (Lipinski definition) is 0. The number of thioether (sulfide) groups is 2. The molecule has 2 aliphatic heterocycles. The van der Waals surface area contributed by atoms with Gasteiger partial charge in [0.15, 0.2) is 0 Å². The molecule has 0 aliphatic carbocycles. The third-order valence-corrected chi connectivity index (χ3v) is 6.90. The first kappa shape index (κ1) is 19.0. The molecule has 0 amide bonds. The van der Waals surface area contributed by atoms with Gasteiger partial charge in [-0.25, -0.2) is 0 Å². The molecule has 2 fully saturated rings. The standard InChI is InChI=1S/C17H28O4S2/c1-12-7-14(3-5-22-12)10-20-16(18)9-17(19)21-11-15-4-6-23-13(2)8-15/h12-15H,3-11H2,1-2H3. The van der Waals surface area contributed by atoms with Crippen LogP contribution in [-0.4, -0.2) is 47.2 Å². The quantitative estimate of drug-likeness (QED) is 0.533. The molecular formula is C17H28O4S2. The largest absolute Gasteiger partial charge is 0.465 e. The SMILES string of the molecule is CC1CC(COC(=O)CC(=O)OCC2CCSC(C)C2)CCS1. The maximum atomic E-state index is 11.7. The first-order valence-corrected chi connectivity index (χ1v) is 10.7. The van der Waals surface area contributed by atoms with Gasteiger partial charge in [0.1, 0.15) is 6.42 Å². The van der Waals surface area contributed by atoms with E-state index in [2.05, 4.69) is 13.8 Å². The Morgan fingerprint density at radius 3 is 1.70 bits per heavy atom. The lowest BCUT2D eigenvalue weighted by Gasteiger charge is -2.26. The van der Waals surface area contributed by atoms with Crippen molar-refractivity contribution >= 4 is 35.5 Å². The van der Waals surface area contributed by atoms with E-state index in [1.807, 2.05) is 23.5 Å². The summed E-state index contributed by atoms with van der Waals surface area (Å²) in [4.78, 5) is 23.5. The van der Waals surface area contributed by atoms with Crippen LogP contribution in [0.5, 0.6) is 0 Å². The van der Waals surface area contributed by atoms with Crippen LogP contribution in [0.4, 0.5) is 0 Å². The summed E-state index contributed by atoms with van der Waals surface area (Å²) < 4.78 is 10.5. The van der Waals surface area contributed by atoms with E-state index in [0.29, 0.717) is 35.5 Å². The van der Waals surface area contributed by atoms with E-state index in [1.165, 1.54) is 0 Å². The number of rotatable bonds is 6. The third-order valence-electron chi connectivity index (χ3n) is 4.44. The molecule has 2 heterocycles. The zero-order valence-electron chi connectivity index (χ0n) is 14.1. The van der Waals surface area contributed by atoms with Crippen molar-refractivity contribution in [3.05, 3.63) is 0 Å². The molecule has 0 aromatic carbocycles. The Hall–Kier alpha value is -0.360. The maximum Gasteiger partial charge on any atom is 0.317 e. The molecule has 2 saturated heterocycles. The minimum absolute atomic E-state index is 0.256. The van der Waals surface area contributed by atoms with Gasteiger partial charge in [0.25, 0.3) is 0 Å². The molecule has 0 bridgehead atoms. The highest BCUT2D eigenvalue weighted by Crippen LogP contribution is 2.30. The predicted octanol–water partition coefficient (Wildman–Crippen LogP) is 3.53. The van der Waals surface area contributed by atoms with Crippen LogP contribution < -0.4 is 0 Å². The minimum atomic E-state index is -0.451. The lowest BCUT2D eigenvalue weighted by molar-refractivity contribution is -0.156. The molecule has 4 nitrogen and oxygen atoms in total. The van der Waals surface area contributed by atoms with Crippen molar-refractivity contribution in [2.24, 2.45) is 11.8 Å². The Bertz CT molecular complexity index is 366. The molecule has 6 heteroatoms. The summed E-state index contributed by atoms with van der Waals surface area (Å²) in [6.45, 7) is 5.30. The second kappa shape index (κ2) is 9.82. The number of ether oxygens (including phenoxy) is 2. The van der Waals surface area contributed by atoms with Crippen molar-refractivity contribution in [1.29, 1.82) is 0 Å². The summed E-state index contributed by atoms with van der Waals surface area (Å²) >= 11 is 3.94. The van der Waals surface area contributed by atoms with E-state index in [4.69, 9.17) is 9.47 Å². The van der Waals surface area contributed by atoms with Gasteiger partial charge in [-0.1, -0.05) is 13.8 Å². The van der Waals surface area contributed by atoms with Gasteiger partial charge in [0.05, 0.1) is 13.2 Å². The summed E-state index contributed by atoms with van der Waals surface area (Å²) in [5.74, 6) is 2.23. The van der Waals surface area contributed by atoms with Crippen molar-refractivity contribution in [3.8, 4) is 0 Å². The minimum Gasteiger partial charge on any atom is -0.465 e. The lowest BCUT2D eigenvalue weighted by atomic mass is 10.0. The molecule has 23 heavy (non-hydrogen) atoms. The van der Waals surface area contributed by atoms with Gasteiger partial charge in [-0.3, -0.25) is 9.59 Å². The topological polar surface area (TPSA) is 52.6 Å². The van der Waals surface area contributed by atoms with Crippen LogP contribution in [0.1, 0.15) is 46.0 Å². The summed E-state index contributed by atoms with van der Waals surface area (Å²) in [6, 6.07) is 0. The molecule has 2 rings (SSSR count). The van der Waals surface area contributed by atoms with E-state index < -0.39 is 11.9 Å². The average Bonchev–Trinajstić information content (AvgIpc) is 2.51. The zero-order chi connectivity index (χ0) is 16.7. The zero-order valence-corrected chi connectivity index (χ0v) is 15.8. The van der Waals surface area contributed by atoms with Gasteiger partial charge in [-0.05, 0) is 49.0 Å². The highest BCUT2D eigenvalue weighted by atomic mass is 32.2. The molecule has 0 radical (unpaired) electrons. The smallest absolute Gasteiger partial charge is 0.317 e. The predicted molar refractivity (Wildman–Crippen MR) is 95.8 cm³/mol. The number of hydrogen-bond acceptors (Lipinski definition) is 6. The maximum absolute atomic E-state index is 11.7. The Labute approximate surface area is 147 Å². The van der Waals surface area contributed by atoms with Crippen LogP contribution in [0.15, 0.2) is 0 Å². The lowest BCUT2D eigenvalue weighted by Crippen LogP contribution is -2.25. The summed E-state index contributed by atoms with van der Waals surface area (Å²) in [7, 11) is 0. The van der Waals surface area contributed by atoms with E-state index in [0.717, 1.165) is 37.2 Å². The fraction of sp³-hybridized carbons (Fsp3) is 0.882. The monoisotopic (exact) mass is 360 g/mol. The van der Waals surface area contributed by atoms with E-state index in [9.17, 15) is 9.59 Å².